The third kappa shape index (κ3) is 11.7. The van der Waals surface area contributed by atoms with E-state index in [0.29, 0.717) is 0 Å². The molecule has 0 radical (unpaired) electrons. The van der Waals surface area contributed by atoms with Gasteiger partial charge in [0.25, 0.3) is 0 Å². The van der Waals surface area contributed by atoms with Gasteiger partial charge in [0, 0.05) is 0 Å². The molecule has 2 nitrogen and oxygen atoms in total. The van der Waals surface area contributed by atoms with Crippen molar-refractivity contribution in [1.82, 2.24) is 0 Å². The third-order valence-electron chi connectivity index (χ3n) is 3.36. The van der Waals surface area contributed by atoms with Crippen LogP contribution in [0.5, 0.6) is 0 Å². The second-order valence-corrected chi connectivity index (χ2v) is 7.61. The van der Waals surface area contributed by atoms with Crippen LogP contribution >= 0.6 is 11.6 Å². The monoisotopic (exact) mass is 302 g/mol. The molecule has 0 unspecified atom stereocenters. The zero-order valence-corrected chi connectivity index (χ0v) is 15.1. The third-order valence-corrected chi connectivity index (χ3v) is 3.81. The molecular formula is C17H35ClN2. The van der Waals surface area contributed by atoms with Crippen molar-refractivity contribution >= 4 is 11.6 Å². The fraction of sp³-hybridized carbons (Fsp3) is 1.00. The van der Waals surface area contributed by atoms with Crippen LogP contribution in [0.2, 0.25) is 0 Å². The van der Waals surface area contributed by atoms with Crippen LogP contribution in [0.25, 0.3) is 0 Å². The van der Waals surface area contributed by atoms with Crippen LogP contribution < -0.4 is 0 Å². The summed E-state index contributed by atoms with van der Waals surface area (Å²) in [4.78, 5) is -0.464. The highest BCUT2D eigenvalue weighted by atomic mass is 35.5. The van der Waals surface area contributed by atoms with Crippen LogP contribution in [0, 0.1) is 0 Å². The molecule has 0 rings (SSSR count). The summed E-state index contributed by atoms with van der Waals surface area (Å²) in [6.45, 7) is 10.7. The second kappa shape index (κ2) is 10.6. The molecule has 0 aliphatic rings. The number of alkyl halides is 1. The van der Waals surface area contributed by atoms with Gasteiger partial charge in [0.2, 0.25) is 0 Å². The first-order valence-corrected chi connectivity index (χ1v) is 8.84. The molecule has 120 valence electrons. The quantitative estimate of drug-likeness (QED) is 0.168. The Morgan fingerprint density at radius 3 is 1.50 bits per heavy atom. The van der Waals surface area contributed by atoms with E-state index >= 15 is 0 Å². The van der Waals surface area contributed by atoms with Gasteiger partial charge in [-0.15, -0.1) is 0 Å². The lowest BCUT2D eigenvalue weighted by atomic mass is 10.0. The minimum absolute atomic E-state index is 0.132. The maximum atomic E-state index is 6.74. The van der Waals surface area contributed by atoms with E-state index in [1.807, 2.05) is 0 Å². The van der Waals surface area contributed by atoms with Crippen molar-refractivity contribution < 1.29 is 0 Å². The Morgan fingerprint density at radius 1 is 0.700 bits per heavy atom. The molecule has 0 bridgehead atoms. The van der Waals surface area contributed by atoms with Crippen LogP contribution in [0.1, 0.15) is 98.8 Å². The standard InChI is InChI=1S/C17H35ClN2/c1-6-8-10-12-14-17(18,15-13-11-9-7-2)20-19-16(3,4)5/h6-15H2,1-5H3/b20-19+. The van der Waals surface area contributed by atoms with Gasteiger partial charge in [-0.25, -0.2) is 0 Å². The molecule has 3 heteroatoms. The molecule has 0 aromatic heterocycles. The van der Waals surface area contributed by atoms with Gasteiger partial charge in [-0.2, -0.15) is 10.2 Å². The molecule has 20 heavy (non-hydrogen) atoms. The van der Waals surface area contributed by atoms with Gasteiger partial charge in [-0.05, 0) is 46.5 Å². The van der Waals surface area contributed by atoms with Crippen molar-refractivity contribution in [2.45, 2.75) is 109 Å². The summed E-state index contributed by atoms with van der Waals surface area (Å²) in [6.07, 6.45) is 11.8. The number of hydrogen-bond acceptors (Lipinski definition) is 2. The highest BCUT2D eigenvalue weighted by Gasteiger charge is 2.26. The fourth-order valence-corrected chi connectivity index (χ4v) is 2.41. The molecule has 0 heterocycles. The summed E-state index contributed by atoms with van der Waals surface area (Å²) in [7, 11) is 0. The van der Waals surface area contributed by atoms with Crippen LogP contribution in [0.4, 0.5) is 0 Å². The molecule has 0 aromatic carbocycles. The van der Waals surface area contributed by atoms with Gasteiger partial charge in [0.15, 0.2) is 5.00 Å². The molecule has 0 atom stereocenters. The van der Waals surface area contributed by atoms with Gasteiger partial charge in [0.1, 0.15) is 0 Å². The van der Waals surface area contributed by atoms with E-state index in [4.69, 9.17) is 11.6 Å². The molecule has 0 amide bonds. The lowest BCUT2D eigenvalue weighted by Gasteiger charge is -2.23. The fourth-order valence-electron chi connectivity index (χ4n) is 2.11. The molecule has 0 aliphatic heterocycles. The normalized spacial score (nSPS) is 13.3. The van der Waals surface area contributed by atoms with E-state index in [-0.39, 0.29) is 5.54 Å². The number of rotatable bonds is 11. The predicted octanol–water partition coefficient (Wildman–Crippen LogP) is 7.11. The predicted molar refractivity (Wildman–Crippen MR) is 90.7 cm³/mol. The summed E-state index contributed by atoms with van der Waals surface area (Å²) in [5.41, 5.74) is -0.132. The zero-order valence-electron chi connectivity index (χ0n) is 14.3. The van der Waals surface area contributed by atoms with E-state index in [1.54, 1.807) is 0 Å². The maximum Gasteiger partial charge on any atom is 0.154 e. The summed E-state index contributed by atoms with van der Waals surface area (Å²) in [5.74, 6) is 0. The topological polar surface area (TPSA) is 24.7 Å². The van der Waals surface area contributed by atoms with Crippen molar-refractivity contribution in [3.8, 4) is 0 Å². The van der Waals surface area contributed by atoms with Crippen LogP contribution in [0.15, 0.2) is 10.2 Å². The van der Waals surface area contributed by atoms with E-state index in [1.165, 1.54) is 38.5 Å². The molecule has 0 saturated carbocycles. The molecular weight excluding hydrogens is 268 g/mol. The SMILES string of the molecule is CCCCCCC(Cl)(CCCCCC)/N=N/C(C)(C)C. The van der Waals surface area contributed by atoms with Crippen LogP contribution in [0.3, 0.4) is 0 Å². The van der Waals surface area contributed by atoms with Crippen LogP contribution in [-0.4, -0.2) is 10.5 Å². The molecule has 0 aliphatic carbocycles. The minimum Gasteiger partial charge on any atom is -0.187 e. The lowest BCUT2D eigenvalue weighted by molar-refractivity contribution is 0.410. The number of nitrogens with zero attached hydrogens (tertiary/aromatic N) is 2. The van der Waals surface area contributed by atoms with Gasteiger partial charge in [0.05, 0.1) is 5.54 Å². The molecule has 0 fully saturated rings. The molecule has 0 aromatic rings. The van der Waals surface area contributed by atoms with Crippen molar-refractivity contribution in [3.63, 3.8) is 0 Å². The first kappa shape index (κ1) is 19.9. The highest BCUT2D eigenvalue weighted by molar-refractivity contribution is 6.23. The van der Waals surface area contributed by atoms with E-state index in [2.05, 4.69) is 44.8 Å². The Balaban J connectivity index is 4.38. The Morgan fingerprint density at radius 2 is 1.15 bits per heavy atom. The van der Waals surface area contributed by atoms with E-state index in [0.717, 1.165) is 25.7 Å². The Hall–Kier alpha value is -0.110. The number of hydrogen-bond donors (Lipinski definition) is 0. The zero-order chi connectivity index (χ0) is 15.5. The smallest absolute Gasteiger partial charge is 0.154 e. The van der Waals surface area contributed by atoms with Gasteiger partial charge in [-0.1, -0.05) is 64.0 Å². The molecule has 0 N–H and O–H groups in total. The van der Waals surface area contributed by atoms with E-state index in [9.17, 15) is 0 Å². The van der Waals surface area contributed by atoms with Crippen molar-refractivity contribution in [2.75, 3.05) is 0 Å². The van der Waals surface area contributed by atoms with Gasteiger partial charge in [-0.3, -0.25) is 0 Å². The lowest BCUT2D eigenvalue weighted by Crippen LogP contribution is -2.20. The Kier molecular flexibility index (Phi) is 10.5. The highest BCUT2D eigenvalue weighted by Crippen LogP contribution is 2.32. The Labute approximate surface area is 131 Å². The first-order valence-electron chi connectivity index (χ1n) is 8.46. The first-order chi connectivity index (χ1) is 9.33. The summed E-state index contributed by atoms with van der Waals surface area (Å²) >= 11 is 6.74. The van der Waals surface area contributed by atoms with Crippen LogP contribution in [-0.2, 0) is 0 Å². The summed E-state index contributed by atoms with van der Waals surface area (Å²) < 4.78 is 0. The summed E-state index contributed by atoms with van der Waals surface area (Å²) in [6, 6.07) is 0. The Bertz CT molecular complexity index is 244. The average Bonchev–Trinajstić information content (AvgIpc) is 2.37. The summed E-state index contributed by atoms with van der Waals surface area (Å²) in [5, 5.41) is 8.93. The van der Waals surface area contributed by atoms with Crippen molar-refractivity contribution in [1.29, 1.82) is 0 Å². The van der Waals surface area contributed by atoms with E-state index < -0.39 is 5.00 Å². The largest absolute Gasteiger partial charge is 0.187 e. The number of halogens is 1. The van der Waals surface area contributed by atoms with Gasteiger partial charge < -0.3 is 0 Å². The maximum absolute atomic E-state index is 6.74. The van der Waals surface area contributed by atoms with Gasteiger partial charge >= 0.3 is 0 Å². The number of azo groups is 1. The second-order valence-electron chi connectivity index (χ2n) is 6.91. The molecule has 0 saturated heterocycles. The minimum atomic E-state index is -0.464. The number of unbranched alkanes of at least 4 members (excludes halogenated alkanes) is 6. The average molecular weight is 303 g/mol. The van der Waals surface area contributed by atoms with Crippen molar-refractivity contribution in [2.24, 2.45) is 10.2 Å². The molecule has 0 spiro atoms. The van der Waals surface area contributed by atoms with Crippen molar-refractivity contribution in [3.05, 3.63) is 0 Å².